The van der Waals surface area contributed by atoms with Crippen LogP contribution in [0.4, 0.5) is 0 Å². The van der Waals surface area contributed by atoms with E-state index in [1.807, 2.05) is 11.3 Å². The van der Waals surface area contributed by atoms with Gasteiger partial charge < -0.3 is 9.13 Å². The monoisotopic (exact) mass is 816 g/mol. The van der Waals surface area contributed by atoms with Crippen molar-refractivity contribution in [1.82, 2.24) is 19.1 Å². The number of aromatic nitrogens is 4. The van der Waals surface area contributed by atoms with Crippen LogP contribution in [0.15, 0.2) is 158 Å². The van der Waals surface area contributed by atoms with E-state index in [0.29, 0.717) is 0 Å². The predicted octanol–water partition coefficient (Wildman–Crippen LogP) is 3.59. The second-order valence-electron chi connectivity index (χ2n) is 17.3. The van der Waals surface area contributed by atoms with Crippen molar-refractivity contribution >= 4 is 155 Å². The molecule has 4 heterocycles. The van der Waals surface area contributed by atoms with E-state index in [9.17, 15) is 0 Å². The Morgan fingerprint density at radius 2 is 0.952 bits per heavy atom. The first-order valence-corrected chi connectivity index (χ1v) is 22.6. The van der Waals surface area contributed by atoms with Crippen molar-refractivity contribution in [3.63, 3.8) is 0 Å². The molecule has 12 rings (SSSR count). The lowest BCUT2D eigenvalue weighted by Gasteiger charge is -2.16. The zero-order valence-corrected chi connectivity index (χ0v) is 37.0. The van der Waals surface area contributed by atoms with Gasteiger partial charge in [-0.2, -0.15) is 0 Å². The molecule has 0 spiro atoms. The maximum Gasteiger partial charge on any atom is 0.161 e. The molecule has 4 nitrogen and oxygen atoms in total. The van der Waals surface area contributed by atoms with E-state index in [0.717, 1.165) is 39.6 Å². The standard InChI is InChI=1S/C52H38B6N4S/c53-29-22-34-43-45(57)46(58)44-35-23-30(54)25-37(56)48(35)62(50(44)49(43)61(47(34)36(55)24-29)31-16-8-3-9-17-31)40-20-10-18-32-42-33(19-11-21-41(42)63-51(32)40)52-59-38(27-12-4-1-5-13-27)26-39(60-52)28-14-6-2-7-15-28/h1-26H,53-58H2. The first kappa shape index (κ1) is 37.8. The minimum atomic E-state index is 0.722. The van der Waals surface area contributed by atoms with Crippen LogP contribution in [0.5, 0.6) is 0 Å². The Balaban J connectivity index is 1.23. The molecule has 0 N–H and O–H groups in total. The zero-order valence-electron chi connectivity index (χ0n) is 36.2. The first-order valence-electron chi connectivity index (χ1n) is 21.8. The van der Waals surface area contributed by atoms with Crippen LogP contribution >= 0.6 is 11.3 Å². The molecule has 63 heavy (non-hydrogen) atoms. The average molecular weight is 816 g/mol. The van der Waals surface area contributed by atoms with E-state index < -0.39 is 0 Å². The number of para-hydroxylation sites is 1. The fourth-order valence-electron chi connectivity index (χ4n) is 10.5. The maximum absolute atomic E-state index is 5.32. The number of hydrogen-bond donors (Lipinski definition) is 0. The van der Waals surface area contributed by atoms with Crippen molar-refractivity contribution in [3.05, 3.63) is 158 Å². The van der Waals surface area contributed by atoms with Crippen LogP contribution in [0.2, 0.25) is 0 Å². The average Bonchev–Trinajstić information content (AvgIpc) is 3.97. The molecule has 0 bridgehead atoms. The molecule has 4 aromatic heterocycles. The molecule has 11 heteroatoms. The summed E-state index contributed by atoms with van der Waals surface area (Å²) in [6.07, 6.45) is 0. The Hall–Kier alpha value is -6.95. The van der Waals surface area contributed by atoms with Crippen LogP contribution < -0.4 is 32.8 Å². The minimum Gasteiger partial charge on any atom is -0.308 e. The van der Waals surface area contributed by atoms with Gasteiger partial charge >= 0.3 is 0 Å². The molecular weight excluding hydrogens is 778 g/mol. The second-order valence-corrected chi connectivity index (χ2v) is 18.3. The highest BCUT2D eigenvalue weighted by Gasteiger charge is 2.27. The number of benzene rings is 8. The Labute approximate surface area is 375 Å². The second kappa shape index (κ2) is 14.3. The van der Waals surface area contributed by atoms with Gasteiger partial charge in [0.15, 0.2) is 5.82 Å². The molecular formula is C52H38B6N4S. The molecule has 8 aromatic carbocycles. The van der Waals surface area contributed by atoms with Crippen LogP contribution in [0.25, 0.3) is 109 Å². The normalized spacial score (nSPS) is 11.9. The number of thiophene rings is 1. The minimum absolute atomic E-state index is 0.722. The molecule has 0 aliphatic carbocycles. The van der Waals surface area contributed by atoms with Gasteiger partial charge in [0.2, 0.25) is 0 Å². The Kier molecular flexibility index (Phi) is 8.58. The van der Waals surface area contributed by atoms with Crippen molar-refractivity contribution in [2.24, 2.45) is 0 Å². The van der Waals surface area contributed by atoms with Gasteiger partial charge in [0.1, 0.15) is 47.1 Å². The number of nitrogens with zero attached hydrogens (tertiary/aromatic N) is 4. The fraction of sp³-hybridized carbons (Fsp3) is 0. The van der Waals surface area contributed by atoms with Crippen molar-refractivity contribution in [2.75, 3.05) is 0 Å². The Bertz CT molecular complexity index is 3800. The van der Waals surface area contributed by atoms with Gasteiger partial charge in [0, 0.05) is 70.4 Å². The van der Waals surface area contributed by atoms with Crippen LogP contribution in [-0.4, -0.2) is 66.2 Å². The molecule has 12 aromatic rings. The third-order valence-corrected chi connectivity index (χ3v) is 14.4. The van der Waals surface area contributed by atoms with E-state index in [2.05, 4.69) is 214 Å². The summed E-state index contributed by atoms with van der Waals surface area (Å²) in [4.78, 5) is 10.6. The molecule has 0 saturated heterocycles. The van der Waals surface area contributed by atoms with Gasteiger partial charge in [0.25, 0.3) is 0 Å². The fourth-order valence-corrected chi connectivity index (χ4v) is 11.8. The van der Waals surface area contributed by atoms with Crippen molar-refractivity contribution < 1.29 is 0 Å². The Morgan fingerprint density at radius 1 is 0.429 bits per heavy atom. The molecule has 0 amide bonds. The summed E-state index contributed by atoms with van der Waals surface area (Å²) in [6, 6.07) is 57.0. The Morgan fingerprint density at radius 3 is 1.54 bits per heavy atom. The van der Waals surface area contributed by atoms with Gasteiger partial charge in [-0.05, 0) is 30.3 Å². The van der Waals surface area contributed by atoms with Crippen molar-refractivity contribution in [2.45, 2.75) is 0 Å². The largest absolute Gasteiger partial charge is 0.308 e. The van der Waals surface area contributed by atoms with Crippen LogP contribution in [0.1, 0.15) is 0 Å². The zero-order chi connectivity index (χ0) is 42.7. The van der Waals surface area contributed by atoms with Gasteiger partial charge in [0.05, 0.1) is 32.8 Å². The van der Waals surface area contributed by atoms with E-state index in [1.54, 1.807) is 0 Å². The number of fused-ring (bicyclic) bond motifs is 10. The number of rotatable bonds is 5. The summed E-state index contributed by atoms with van der Waals surface area (Å²) in [7, 11) is 13.7. The van der Waals surface area contributed by atoms with Gasteiger partial charge in [-0.3, -0.25) is 0 Å². The van der Waals surface area contributed by atoms with Gasteiger partial charge in [-0.15, -0.1) is 11.3 Å². The smallest absolute Gasteiger partial charge is 0.161 e. The van der Waals surface area contributed by atoms with E-state index in [4.69, 9.17) is 9.97 Å². The molecule has 0 radical (unpaired) electrons. The third-order valence-electron chi connectivity index (χ3n) is 13.2. The van der Waals surface area contributed by atoms with E-state index in [-0.39, 0.29) is 0 Å². The number of hydrogen-bond acceptors (Lipinski definition) is 3. The molecule has 290 valence electrons. The highest BCUT2D eigenvalue weighted by atomic mass is 32.1. The summed E-state index contributed by atoms with van der Waals surface area (Å²) < 4.78 is 7.62. The first-order chi connectivity index (χ1) is 30.7. The highest BCUT2D eigenvalue weighted by molar-refractivity contribution is 7.26. The summed E-state index contributed by atoms with van der Waals surface area (Å²) in [5, 5.41) is 7.61. The highest BCUT2D eigenvalue weighted by Crippen LogP contribution is 2.45. The molecule has 0 saturated carbocycles. The molecule has 0 aliphatic rings. The van der Waals surface area contributed by atoms with Crippen molar-refractivity contribution in [3.8, 4) is 45.3 Å². The van der Waals surface area contributed by atoms with Crippen molar-refractivity contribution in [1.29, 1.82) is 0 Å². The van der Waals surface area contributed by atoms with E-state index in [1.165, 1.54) is 102 Å². The molecule has 0 atom stereocenters. The van der Waals surface area contributed by atoms with Crippen LogP contribution in [0, 0.1) is 0 Å². The lowest BCUT2D eigenvalue weighted by Crippen LogP contribution is -2.27. The molecule has 0 unspecified atom stereocenters. The van der Waals surface area contributed by atoms with Crippen LogP contribution in [-0.2, 0) is 0 Å². The third kappa shape index (κ3) is 5.69. The summed E-state index contributed by atoms with van der Waals surface area (Å²) in [5.41, 5.74) is 20.0. The van der Waals surface area contributed by atoms with Crippen LogP contribution in [0.3, 0.4) is 0 Å². The summed E-state index contributed by atoms with van der Waals surface area (Å²) in [6.45, 7) is 0. The summed E-state index contributed by atoms with van der Waals surface area (Å²) in [5.74, 6) is 0.722. The lowest BCUT2D eigenvalue weighted by molar-refractivity contribution is 1.16. The summed E-state index contributed by atoms with van der Waals surface area (Å²) >= 11 is 1.86. The topological polar surface area (TPSA) is 35.6 Å². The van der Waals surface area contributed by atoms with Gasteiger partial charge in [-0.1, -0.05) is 160 Å². The molecule has 0 aliphatic heterocycles. The predicted molar refractivity (Wildman–Crippen MR) is 289 cm³/mol. The SMILES string of the molecule is Bc1cc(B)c2c(c1)c1c(B)c(B)c3c4cc(B)cc(B)c4n(-c4cccc5c4sc4cccc(-c6nc(-c7ccccc7)cc(-c7ccccc7)n6)c45)c3c1n2-c1ccccc1. The van der Waals surface area contributed by atoms with Gasteiger partial charge in [-0.25, -0.2) is 9.97 Å². The quantitative estimate of drug-likeness (QED) is 0.250. The lowest BCUT2D eigenvalue weighted by atomic mass is 9.74. The molecule has 0 fully saturated rings. The maximum atomic E-state index is 5.32. The van der Waals surface area contributed by atoms with E-state index >= 15 is 0 Å².